The molecule has 0 radical (unpaired) electrons. The number of rotatable bonds is 10. The van der Waals surface area contributed by atoms with Crippen LogP contribution in [0.3, 0.4) is 0 Å². The van der Waals surface area contributed by atoms with Crippen LogP contribution in [0.4, 0.5) is 34.1 Å². The van der Waals surface area contributed by atoms with Gasteiger partial charge >= 0.3 is 0 Å². The third-order valence-electron chi connectivity index (χ3n) is 11.9. The molecule has 6 heteroatoms. The second-order valence-electron chi connectivity index (χ2n) is 14.8. The normalized spacial score (nSPS) is 12.5. The highest BCUT2D eigenvalue weighted by Gasteiger charge is 2.52. The van der Waals surface area contributed by atoms with Crippen molar-refractivity contribution in [3.8, 4) is 45.3 Å². The summed E-state index contributed by atoms with van der Waals surface area (Å²) in [6, 6.07) is 64.8. The van der Waals surface area contributed by atoms with Crippen molar-refractivity contribution in [3.05, 3.63) is 204 Å². The average molecular weight is 771 g/mol. The van der Waals surface area contributed by atoms with E-state index in [1.165, 1.54) is 44.5 Å². The predicted molar refractivity (Wildman–Crippen MR) is 238 cm³/mol. The van der Waals surface area contributed by atoms with Crippen molar-refractivity contribution < 1.29 is 18.9 Å². The molecule has 59 heavy (non-hydrogen) atoms. The van der Waals surface area contributed by atoms with Crippen LogP contribution in [0.2, 0.25) is 0 Å². The number of hydrogen-bond donors (Lipinski definition) is 0. The molecule has 8 aromatic carbocycles. The molecule has 0 saturated carbocycles. The van der Waals surface area contributed by atoms with E-state index >= 15 is 0 Å². The zero-order valence-electron chi connectivity index (χ0n) is 33.3. The topological polar surface area (TPSA) is 43.4 Å². The van der Waals surface area contributed by atoms with Crippen molar-refractivity contribution >= 4 is 34.1 Å². The minimum atomic E-state index is -0.596. The Bertz CT molecular complexity index is 2520. The molecule has 0 atom stereocenters. The van der Waals surface area contributed by atoms with Gasteiger partial charge in [0.25, 0.3) is 0 Å². The van der Waals surface area contributed by atoms with Gasteiger partial charge in [0.1, 0.15) is 23.0 Å². The first-order chi connectivity index (χ1) is 29.0. The lowest BCUT2D eigenvalue weighted by Gasteiger charge is -2.33. The van der Waals surface area contributed by atoms with E-state index < -0.39 is 5.41 Å². The second-order valence-corrected chi connectivity index (χ2v) is 14.8. The van der Waals surface area contributed by atoms with Crippen LogP contribution < -0.4 is 28.7 Å². The maximum Gasteiger partial charge on any atom is 0.119 e. The Labute approximate surface area is 345 Å². The van der Waals surface area contributed by atoms with E-state index in [2.05, 4.69) is 143 Å². The third kappa shape index (κ3) is 5.71. The van der Waals surface area contributed by atoms with Gasteiger partial charge in [-0.05, 0) is 166 Å². The molecule has 8 aromatic rings. The quantitative estimate of drug-likeness (QED) is 0.138. The molecule has 0 saturated heterocycles. The van der Waals surface area contributed by atoms with Crippen molar-refractivity contribution in [1.82, 2.24) is 0 Å². The van der Waals surface area contributed by atoms with Gasteiger partial charge in [-0.3, -0.25) is 0 Å². The van der Waals surface area contributed by atoms with E-state index in [1.54, 1.807) is 28.4 Å². The van der Waals surface area contributed by atoms with Gasteiger partial charge in [-0.25, -0.2) is 0 Å². The minimum Gasteiger partial charge on any atom is -0.497 e. The molecule has 0 fully saturated rings. The van der Waals surface area contributed by atoms with Gasteiger partial charge in [-0.2, -0.15) is 0 Å². The molecular weight excluding hydrogens is 729 g/mol. The van der Waals surface area contributed by atoms with Gasteiger partial charge in [0, 0.05) is 34.1 Å². The van der Waals surface area contributed by atoms with E-state index in [9.17, 15) is 0 Å². The largest absolute Gasteiger partial charge is 0.497 e. The first kappa shape index (κ1) is 35.9. The van der Waals surface area contributed by atoms with E-state index in [0.29, 0.717) is 0 Å². The van der Waals surface area contributed by atoms with E-state index in [1.807, 2.05) is 48.5 Å². The molecule has 6 nitrogen and oxygen atoms in total. The molecular formula is C53H42N2O4. The molecule has 0 unspecified atom stereocenters. The van der Waals surface area contributed by atoms with Crippen LogP contribution in [0.25, 0.3) is 22.3 Å². The number of nitrogens with zero attached hydrogens (tertiary/aromatic N) is 2. The van der Waals surface area contributed by atoms with Gasteiger partial charge in [0.15, 0.2) is 0 Å². The van der Waals surface area contributed by atoms with Crippen LogP contribution in [0.5, 0.6) is 23.0 Å². The number of benzene rings is 8. The highest BCUT2D eigenvalue weighted by molar-refractivity contribution is 5.97. The van der Waals surface area contributed by atoms with Crippen molar-refractivity contribution in [2.45, 2.75) is 5.41 Å². The van der Waals surface area contributed by atoms with Gasteiger partial charge < -0.3 is 28.7 Å². The minimum absolute atomic E-state index is 0.596. The lowest BCUT2D eigenvalue weighted by molar-refractivity contribution is 0.414. The fourth-order valence-corrected chi connectivity index (χ4v) is 9.21. The standard InChI is InChI=1S/C53H42N2O4/c1-56-41-23-13-35(14-24-41)54(36-15-25-42(57-2)26-16-36)39-21-31-47-45-9-5-7-11-49(45)53(51(47)33-39)50-12-8-6-10-46(50)48-32-22-40(34-52(48)53)55(37-17-27-43(58-3)28-18-37)38-19-29-44(59-4)30-20-38/h5-34H,1-4H3. The summed E-state index contributed by atoms with van der Waals surface area (Å²) < 4.78 is 22.3. The summed E-state index contributed by atoms with van der Waals surface area (Å²) in [5.41, 5.74) is 15.5. The molecule has 2 aliphatic carbocycles. The fourth-order valence-electron chi connectivity index (χ4n) is 9.21. The monoisotopic (exact) mass is 770 g/mol. The Kier molecular flexibility index (Phi) is 8.83. The Morgan fingerprint density at radius 3 is 0.864 bits per heavy atom. The molecule has 288 valence electrons. The van der Waals surface area contributed by atoms with Crippen LogP contribution in [-0.2, 0) is 5.41 Å². The number of methoxy groups -OCH3 is 4. The zero-order chi connectivity index (χ0) is 40.1. The van der Waals surface area contributed by atoms with Gasteiger partial charge in [0.2, 0.25) is 0 Å². The summed E-state index contributed by atoms with van der Waals surface area (Å²) in [6.45, 7) is 0. The third-order valence-corrected chi connectivity index (χ3v) is 11.9. The van der Waals surface area contributed by atoms with Crippen LogP contribution in [-0.4, -0.2) is 28.4 Å². The number of ether oxygens (including phenoxy) is 4. The second kappa shape index (κ2) is 14.5. The van der Waals surface area contributed by atoms with E-state index in [0.717, 1.165) is 57.1 Å². The number of anilines is 6. The fraction of sp³-hybridized carbons (Fsp3) is 0.0943. The maximum atomic E-state index is 5.57. The first-order valence-corrected chi connectivity index (χ1v) is 19.7. The molecule has 1 spiro atoms. The van der Waals surface area contributed by atoms with Crippen LogP contribution in [0.1, 0.15) is 22.3 Å². The SMILES string of the molecule is COc1ccc(N(c2ccc(OC)cc2)c2ccc3c(c2)C2(c4ccccc4-3)c3ccccc3-c3ccc(N(c4ccc(OC)cc4)c4ccc(OC)cc4)cc32)cc1. The Balaban J connectivity index is 1.22. The molecule has 0 amide bonds. The van der Waals surface area contributed by atoms with Gasteiger partial charge in [-0.1, -0.05) is 60.7 Å². The van der Waals surface area contributed by atoms with Crippen LogP contribution >= 0.6 is 0 Å². The lowest BCUT2D eigenvalue weighted by Crippen LogP contribution is -2.26. The van der Waals surface area contributed by atoms with E-state index in [4.69, 9.17) is 18.9 Å². The predicted octanol–water partition coefficient (Wildman–Crippen LogP) is 13.0. The Morgan fingerprint density at radius 2 is 0.559 bits per heavy atom. The van der Waals surface area contributed by atoms with E-state index in [-0.39, 0.29) is 0 Å². The number of fused-ring (bicyclic) bond motifs is 10. The zero-order valence-corrected chi connectivity index (χ0v) is 33.3. The van der Waals surface area contributed by atoms with Gasteiger partial charge in [-0.15, -0.1) is 0 Å². The molecule has 2 aliphatic rings. The summed E-state index contributed by atoms with van der Waals surface area (Å²) in [5.74, 6) is 3.22. The summed E-state index contributed by atoms with van der Waals surface area (Å²) in [5, 5.41) is 0. The van der Waals surface area contributed by atoms with Crippen LogP contribution in [0.15, 0.2) is 182 Å². The molecule has 0 aliphatic heterocycles. The van der Waals surface area contributed by atoms with Crippen molar-refractivity contribution in [2.75, 3.05) is 38.2 Å². The number of hydrogen-bond acceptors (Lipinski definition) is 6. The van der Waals surface area contributed by atoms with Crippen LogP contribution in [0, 0.1) is 0 Å². The molecule has 0 aromatic heterocycles. The smallest absolute Gasteiger partial charge is 0.119 e. The van der Waals surface area contributed by atoms with Crippen molar-refractivity contribution in [2.24, 2.45) is 0 Å². The van der Waals surface area contributed by atoms with Gasteiger partial charge in [0.05, 0.1) is 33.9 Å². The first-order valence-electron chi connectivity index (χ1n) is 19.7. The Morgan fingerprint density at radius 1 is 0.288 bits per heavy atom. The lowest BCUT2D eigenvalue weighted by atomic mass is 9.70. The molecule has 10 rings (SSSR count). The molecule has 0 heterocycles. The molecule has 0 bridgehead atoms. The van der Waals surface area contributed by atoms with Crippen molar-refractivity contribution in [1.29, 1.82) is 0 Å². The summed E-state index contributed by atoms with van der Waals surface area (Å²) >= 11 is 0. The average Bonchev–Trinajstić information content (AvgIpc) is 3.77. The summed E-state index contributed by atoms with van der Waals surface area (Å²) in [4.78, 5) is 4.62. The summed E-state index contributed by atoms with van der Waals surface area (Å²) in [7, 11) is 6.79. The molecule has 0 N–H and O–H groups in total. The summed E-state index contributed by atoms with van der Waals surface area (Å²) in [6.07, 6.45) is 0. The highest BCUT2D eigenvalue weighted by Crippen LogP contribution is 2.64. The van der Waals surface area contributed by atoms with Crippen molar-refractivity contribution in [3.63, 3.8) is 0 Å². The maximum absolute atomic E-state index is 5.57. The Hall–Kier alpha value is -7.44. The highest BCUT2D eigenvalue weighted by atomic mass is 16.5.